The van der Waals surface area contributed by atoms with Crippen molar-refractivity contribution >= 4 is 23.2 Å². The smallest absolute Gasteiger partial charge is 0.257 e. The van der Waals surface area contributed by atoms with Crippen LogP contribution in [0.4, 0.5) is 5.69 Å². The number of pyridine rings is 1. The van der Waals surface area contributed by atoms with Crippen molar-refractivity contribution in [3.8, 4) is 17.0 Å². The van der Waals surface area contributed by atoms with E-state index in [0.717, 1.165) is 11.3 Å². The highest BCUT2D eigenvalue weighted by atomic mass is 35.5. The zero-order chi connectivity index (χ0) is 17.8. The lowest BCUT2D eigenvalue weighted by Gasteiger charge is -2.10. The molecule has 0 atom stereocenters. The Kier molecular flexibility index (Phi) is 5.00. The third-order valence-corrected chi connectivity index (χ3v) is 4.11. The number of hydrogen-bond acceptors (Lipinski definition) is 3. The fourth-order valence-corrected chi connectivity index (χ4v) is 2.77. The summed E-state index contributed by atoms with van der Waals surface area (Å²) >= 11 is 6.09. The highest BCUT2D eigenvalue weighted by Gasteiger charge is 2.12. The molecule has 1 aromatic heterocycles. The summed E-state index contributed by atoms with van der Waals surface area (Å²) in [6, 6.07) is 18.6. The van der Waals surface area contributed by atoms with Crippen molar-refractivity contribution < 1.29 is 9.53 Å². The molecular weight excluding hydrogens is 336 g/mol. The molecule has 0 aliphatic rings. The Morgan fingerprint density at radius 2 is 1.84 bits per heavy atom. The third-order valence-electron chi connectivity index (χ3n) is 3.81. The molecule has 3 aromatic rings. The topological polar surface area (TPSA) is 51.2 Å². The van der Waals surface area contributed by atoms with Crippen molar-refractivity contribution in [1.82, 2.24) is 4.98 Å². The van der Waals surface area contributed by atoms with Crippen LogP contribution in [-0.4, -0.2) is 18.0 Å². The van der Waals surface area contributed by atoms with Gasteiger partial charge in [0, 0.05) is 11.3 Å². The van der Waals surface area contributed by atoms with Crippen molar-refractivity contribution in [1.29, 1.82) is 0 Å². The maximum absolute atomic E-state index is 12.5. The van der Waals surface area contributed by atoms with Crippen molar-refractivity contribution in [3.63, 3.8) is 0 Å². The third kappa shape index (κ3) is 3.80. The lowest BCUT2D eigenvalue weighted by Crippen LogP contribution is -2.14. The molecule has 25 heavy (non-hydrogen) atoms. The highest BCUT2D eigenvalue weighted by Crippen LogP contribution is 2.27. The molecule has 0 spiro atoms. The number of benzene rings is 2. The van der Waals surface area contributed by atoms with Gasteiger partial charge in [-0.05, 0) is 37.3 Å². The largest absolute Gasteiger partial charge is 0.495 e. The summed E-state index contributed by atoms with van der Waals surface area (Å²) in [5, 5.41) is 3.27. The number of carbonyl (C=O) groups is 1. The minimum Gasteiger partial charge on any atom is -0.495 e. The number of ether oxygens (including phenoxy) is 1. The Labute approximate surface area is 151 Å². The molecule has 126 valence electrons. The van der Waals surface area contributed by atoms with Crippen LogP contribution in [0, 0.1) is 6.92 Å². The number of nitrogens with one attached hydrogen (secondary N) is 1. The molecular formula is C20H17ClN2O2. The first-order valence-corrected chi connectivity index (χ1v) is 8.14. The van der Waals surface area contributed by atoms with E-state index in [1.54, 1.807) is 31.4 Å². The van der Waals surface area contributed by atoms with Crippen LogP contribution >= 0.6 is 11.6 Å². The number of hydrogen-bond donors (Lipinski definition) is 1. The van der Waals surface area contributed by atoms with Crippen LogP contribution < -0.4 is 10.1 Å². The van der Waals surface area contributed by atoms with E-state index >= 15 is 0 Å². The van der Waals surface area contributed by atoms with E-state index in [1.807, 2.05) is 43.3 Å². The normalized spacial score (nSPS) is 10.4. The average molecular weight is 353 g/mol. The summed E-state index contributed by atoms with van der Waals surface area (Å²) in [5.41, 5.74) is 3.63. The molecule has 0 unspecified atom stereocenters. The van der Waals surface area contributed by atoms with Gasteiger partial charge in [0.05, 0.1) is 29.1 Å². The maximum Gasteiger partial charge on any atom is 0.257 e. The fraction of sp³-hybridized carbons (Fsp3) is 0.100. The average Bonchev–Trinajstić information content (AvgIpc) is 2.62. The molecule has 0 saturated heterocycles. The van der Waals surface area contributed by atoms with E-state index in [2.05, 4.69) is 10.3 Å². The number of carbonyl (C=O) groups excluding carboxylic acids is 1. The van der Waals surface area contributed by atoms with Gasteiger partial charge in [-0.1, -0.05) is 41.9 Å². The first-order chi connectivity index (χ1) is 12.1. The summed E-state index contributed by atoms with van der Waals surface area (Å²) in [7, 11) is 1.54. The Morgan fingerprint density at radius 1 is 1.08 bits per heavy atom. The molecule has 0 bridgehead atoms. The van der Waals surface area contributed by atoms with Crippen LogP contribution in [0.3, 0.4) is 0 Å². The van der Waals surface area contributed by atoms with Gasteiger partial charge in [-0.15, -0.1) is 0 Å². The first-order valence-electron chi connectivity index (χ1n) is 7.76. The van der Waals surface area contributed by atoms with Gasteiger partial charge in [0.15, 0.2) is 0 Å². The SMILES string of the molecule is COc1ccc(NC(=O)c2ccc(-c3ccccc3)nc2C)cc1Cl. The van der Waals surface area contributed by atoms with Crippen LogP contribution in [0.2, 0.25) is 5.02 Å². The standard InChI is InChI=1S/C20H17ClN2O2/c1-13-16(9-10-18(22-13)14-6-4-3-5-7-14)20(24)23-15-8-11-19(25-2)17(21)12-15/h3-12H,1-2H3,(H,23,24). The van der Waals surface area contributed by atoms with Crippen LogP contribution in [0.25, 0.3) is 11.3 Å². The monoisotopic (exact) mass is 352 g/mol. The Hall–Kier alpha value is -2.85. The molecule has 0 aliphatic carbocycles. The predicted molar refractivity (Wildman–Crippen MR) is 100 cm³/mol. The van der Waals surface area contributed by atoms with Gasteiger partial charge in [0.2, 0.25) is 0 Å². The first kappa shape index (κ1) is 17.0. The van der Waals surface area contributed by atoms with E-state index in [4.69, 9.17) is 16.3 Å². The zero-order valence-electron chi connectivity index (χ0n) is 13.9. The number of halogens is 1. The Balaban J connectivity index is 1.82. The second-order valence-electron chi connectivity index (χ2n) is 5.50. The molecule has 1 heterocycles. The molecule has 4 nitrogen and oxygen atoms in total. The molecule has 5 heteroatoms. The zero-order valence-corrected chi connectivity index (χ0v) is 14.7. The molecule has 0 fully saturated rings. The number of rotatable bonds is 4. The van der Waals surface area contributed by atoms with Crippen LogP contribution in [0.1, 0.15) is 16.1 Å². The maximum atomic E-state index is 12.5. The molecule has 1 amide bonds. The second-order valence-corrected chi connectivity index (χ2v) is 5.91. The van der Waals surface area contributed by atoms with Crippen LogP contribution in [0.15, 0.2) is 60.7 Å². The quantitative estimate of drug-likeness (QED) is 0.721. The van der Waals surface area contributed by atoms with Crippen molar-refractivity contribution in [2.45, 2.75) is 6.92 Å². The van der Waals surface area contributed by atoms with Gasteiger partial charge < -0.3 is 10.1 Å². The minimum atomic E-state index is -0.231. The summed E-state index contributed by atoms with van der Waals surface area (Å²) in [4.78, 5) is 17.1. The molecule has 0 radical (unpaired) electrons. The number of aryl methyl sites for hydroxylation is 1. The number of anilines is 1. The van der Waals surface area contributed by atoms with Crippen molar-refractivity contribution in [3.05, 3.63) is 76.9 Å². The lowest BCUT2D eigenvalue weighted by molar-refractivity contribution is 0.102. The Morgan fingerprint density at radius 3 is 2.48 bits per heavy atom. The highest BCUT2D eigenvalue weighted by molar-refractivity contribution is 6.32. The number of amides is 1. The van der Waals surface area contributed by atoms with E-state index in [0.29, 0.717) is 27.7 Å². The second kappa shape index (κ2) is 7.36. The van der Waals surface area contributed by atoms with Gasteiger partial charge in [-0.25, -0.2) is 0 Å². The number of nitrogens with zero attached hydrogens (tertiary/aromatic N) is 1. The molecule has 3 rings (SSSR count). The summed E-state index contributed by atoms with van der Waals surface area (Å²) in [5.74, 6) is 0.329. The lowest BCUT2D eigenvalue weighted by atomic mass is 10.1. The van der Waals surface area contributed by atoms with Gasteiger partial charge >= 0.3 is 0 Å². The summed E-state index contributed by atoms with van der Waals surface area (Å²) in [6.07, 6.45) is 0. The van der Waals surface area contributed by atoms with Crippen molar-refractivity contribution in [2.24, 2.45) is 0 Å². The summed E-state index contributed by atoms with van der Waals surface area (Å²) in [6.45, 7) is 1.82. The van der Waals surface area contributed by atoms with E-state index in [1.165, 1.54) is 0 Å². The van der Waals surface area contributed by atoms with Gasteiger partial charge in [0.25, 0.3) is 5.91 Å². The van der Waals surface area contributed by atoms with Crippen LogP contribution in [-0.2, 0) is 0 Å². The van der Waals surface area contributed by atoms with E-state index < -0.39 is 0 Å². The molecule has 1 N–H and O–H groups in total. The predicted octanol–water partition coefficient (Wildman–Crippen LogP) is 4.97. The van der Waals surface area contributed by atoms with E-state index in [9.17, 15) is 4.79 Å². The number of aromatic nitrogens is 1. The Bertz CT molecular complexity index is 911. The van der Waals surface area contributed by atoms with Crippen LogP contribution in [0.5, 0.6) is 5.75 Å². The minimum absolute atomic E-state index is 0.231. The molecule has 2 aromatic carbocycles. The van der Waals surface area contributed by atoms with E-state index in [-0.39, 0.29) is 5.91 Å². The van der Waals surface area contributed by atoms with Gasteiger partial charge in [-0.3, -0.25) is 9.78 Å². The molecule has 0 aliphatic heterocycles. The van der Waals surface area contributed by atoms with Crippen molar-refractivity contribution in [2.75, 3.05) is 12.4 Å². The van der Waals surface area contributed by atoms with Gasteiger partial charge in [0.1, 0.15) is 5.75 Å². The fourth-order valence-electron chi connectivity index (χ4n) is 2.51. The van der Waals surface area contributed by atoms with Gasteiger partial charge in [-0.2, -0.15) is 0 Å². The number of methoxy groups -OCH3 is 1. The molecule has 0 saturated carbocycles. The summed E-state index contributed by atoms with van der Waals surface area (Å²) < 4.78 is 5.11.